The molecule has 1 rings (SSSR count). The van der Waals surface area contributed by atoms with E-state index >= 15 is 0 Å². The van der Waals surface area contributed by atoms with E-state index in [1.165, 1.54) is 11.3 Å². The average molecular weight is 330 g/mol. The summed E-state index contributed by atoms with van der Waals surface area (Å²) in [5.41, 5.74) is -0.854. The third-order valence-corrected chi connectivity index (χ3v) is 3.93. The second-order valence-corrected chi connectivity index (χ2v) is 7.47. The van der Waals surface area contributed by atoms with Crippen molar-refractivity contribution in [2.45, 2.75) is 39.5 Å². The minimum atomic E-state index is -4.23. The van der Waals surface area contributed by atoms with Crippen molar-refractivity contribution in [2.24, 2.45) is 5.41 Å². The summed E-state index contributed by atoms with van der Waals surface area (Å²) in [6.45, 7) is 4.99. The molecule has 0 spiro atoms. The molecule has 0 saturated heterocycles. The molecule has 0 bridgehead atoms. The number of thiophene rings is 1. The lowest BCUT2D eigenvalue weighted by molar-refractivity contribution is -0.178. The van der Waals surface area contributed by atoms with Crippen LogP contribution in [0.3, 0.4) is 0 Å². The van der Waals surface area contributed by atoms with E-state index in [1.54, 1.807) is 20.8 Å². The first-order valence-electron chi connectivity index (χ1n) is 5.15. The van der Waals surface area contributed by atoms with Crippen molar-refractivity contribution in [1.82, 2.24) is 5.32 Å². The molecule has 1 N–H and O–H groups in total. The first-order chi connectivity index (χ1) is 7.60. The molecule has 1 heterocycles. The Bertz CT molecular complexity index is 354. The summed E-state index contributed by atoms with van der Waals surface area (Å²) in [5.74, 6) is 0. The molecule has 0 aliphatic rings. The lowest BCUT2D eigenvalue weighted by atomic mass is 9.86. The van der Waals surface area contributed by atoms with Crippen molar-refractivity contribution >= 4 is 27.3 Å². The Labute approximate surface area is 112 Å². The van der Waals surface area contributed by atoms with Crippen LogP contribution in [0.15, 0.2) is 15.9 Å². The second-order valence-electron chi connectivity index (χ2n) is 4.93. The summed E-state index contributed by atoms with van der Waals surface area (Å²) >= 11 is 4.72. The Balaban J connectivity index is 2.69. The molecule has 0 aliphatic heterocycles. The van der Waals surface area contributed by atoms with Crippen LogP contribution in [0, 0.1) is 5.41 Å². The van der Waals surface area contributed by atoms with E-state index < -0.39 is 17.6 Å². The Hall–Kier alpha value is -0.0700. The molecule has 1 atom stereocenters. The van der Waals surface area contributed by atoms with Gasteiger partial charge in [0.05, 0.1) is 3.79 Å². The Kier molecular flexibility index (Phi) is 4.66. The van der Waals surface area contributed by atoms with E-state index in [0.29, 0.717) is 0 Å². The first-order valence-corrected chi connectivity index (χ1v) is 6.76. The van der Waals surface area contributed by atoms with Gasteiger partial charge < -0.3 is 5.32 Å². The van der Waals surface area contributed by atoms with Gasteiger partial charge in [-0.15, -0.1) is 11.3 Å². The van der Waals surface area contributed by atoms with Crippen LogP contribution in [-0.4, -0.2) is 12.2 Å². The number of hydrogen-bond acceptors (Lipinski definition) is 2. The van der Waals surface area contributed by atoms with Crippen LogP contribution >= 0.6 is 27.3 Å². The van der Waals surface area contributed by atoms with Crippen LogP contribution in [0.4, 0.5) is 13.2 Å². The molecular formula is C11H15BrF3NS. The molecule has 0 saturated carbocycles. The van der Waals surface area contributed by atoms with E-state index in [4.69, 9.17) is 0 Å². The van der Waals surface area contributed by atoms with Crippen LogP contribution < -0.4 is 5.32 Å². The summed E-state index contributed by atoms with van der Waals surface area (Å²) in [7, 11) is 0. The van der Waals surface area contributed by atoms with E-state index in [9.17, 15) is 13.2 Å². The van der Waals surface area contributed by atoms with Gasteiger partial charge in [0.15, 0.2) is 0 Å². The lowest BCUT2D eigenvalue weighted by Crippen LogP contribution is -2.50. The van der Waals surface area contributed by atoms with Crippen LogP contribution in [0.2, 0.25) is 0 Å². The number of halogens is 4. The largest absolute Gasteiger partial charge is 0.404 e. The van der Waals surface area contributed by atoms with Gasteiger partial charge in [0.2, 0.25) is 0 Å². The molecule has 6 heteroatoms. The molecule has 17 heavy (non-hydrogen) atoms. The van der Waals surface area contributed by atoms with Crippen LogP contribution in [0.1, 0.15) is 25.6 Å². The maximum Gasteiger partial charge on any atom is 0.404 e. The molecule has 1 aromatic heterocycles. The normalized spacial score (nSPS) is 15.0. The van der Waals surface area contributed by atoms with Gasteiger partial charge in [-0.1, -0.05) is 20.8 Å². The molecule has 1 aromatic rings. The molecule has 0 aromatic carbocycles. The van der Waals surface area contributed by atoms with Crippen LogP contribution in [0.5, 0.6) is 0 Å². The fourth-order valence-corrected chi connectivity index (χ4v) is 3.00. The van der Waals surface area contributed by atoms with Gasteiger partial charge in [-0.25, -0.2) is 0 Å². The third-order valence-electron chi connectivity index (χ3n) is 2.30. The molecule has 1 nitrogen and oxygen atoms in total. The summed E-state index contributed by atoms with van der Waals surface area (Å²) in [6, 6.07) is 2.15. The number of nitrogens with one attached hydrogen (secondary N) is 1. The highest BCUT2D eigenvalue weighted by Gasteiger charge is 2.46. The molecule has 0 aliphatic carbocycles. The molecule has 98 valence electrons. The molecule has 1 unspecified atom stereocenters. The fourth-order valence-electron chi connectivity index (χ4n) is 1.56. The number of rotatable bonds is 3. The third kappa shape index (κ3) is 4.60. The van der Waals surface area contributed by atoms with Crippen molar-refractivity contribution in [3.8, 4) is 0 Å². The average Bonchev–Trinajstić information content (AvgIpc) is 2.46. The van der Waals surface area contributed by atoms with Crippen molar-refractivity contribution in [1.29, 1.82) is 0 Å². The summed E-state index contributed by atoms with van der Waals surface area (Å²) in [6.07, 6.45) is -4.23. The van der Waals surface area contributed by atoms with Crippen molar-refractivity contribution in [3.05, 3.63) is 20.8 Å². The topological polar surface area (TPSA) is 12.0 Å². The van der Waals surface area contributed by atoms with Gasteiger partial charge in [-0.2, -0.15) is 13.2 Å². The lowest BCUT2D eigenvalue weighted by Gasteiger charge is -2.33. The predicted octanol–water partition coefficient (Wildman–Crippen LogP) is 4.58. The van der Waals surface area contributed by atoms with Crippen molar-refractivity contribution < 1.29 is 13.2 Å². The van der Waals surface area contributed by atoms with E-state index in [-0.39, 0.29) is 6.54 Å². The zero-order valence-corrected chi connectivity index (χ0v) is 12.3. The van der Waals surface area contributed by atoms with Crippen LogP contribution in [-0.2, 0) is 6.54 Å². The first kappa shape index (κ1) is 15.0. The van der Waals surface area contributed by atoms with Crippen LogP contribution in [0.25, 0.3) is 0 Å². The highest BCUT2D eigenvalue weighted by atomic mass is 79.9. The molecule has 0 amide bonds. The van der Waals surface area contributed by atoms with Gasteiger partial charge >= 0.3 is 6.18 Å². The zero-order chi connectivity index (χ0) is 13.3. The Morgan fingerprint density at radius 2 is 1.88 bits per heavy atom. The van der Waals surface area contributed by atoms with Gasteiger partial charge in [0.25, 0.3) is 0 Å². The maximum atomic E-state index is 12.9. The minimum absolute atomic E-state index is 0.234. The van der Waals surface area contributed by atoms with Crippen molar-refractivity contribution in [2.75, 3.05) is 0 Å². The quantitative estimate of drug-likeness (QED) is 0.856. The Morgan fingerprint density at radius 1 is 1.29 bits per heavy atom. The zero-order valence-electron chi connectivity index (χ0n) is 9.86. The summed E-state index contributed by atoms with van der Waals surface area (Å²) < 4.78 is 39.5. The van der Waals surface area contributed by atoms with Gasteiger partial charge in [-0.05, 0) is 33.5 Å². The van der Waals surface area contributed by atoms with E-state index in [1.807, 2.05) is 12.1 Å². The highest BCUT2D eigenvalue weighted by molar-refractivity contribution is 9.11. The maximum absolute atomic E-state index is 12.9. The standard InChI is InChI=1S/C11H15BrF3NS/c1-10(2,3)9(11(13,14)15)16-6-7-4-5-8(12)17-7/h4-5,9,16H,6H2,1-3H3. The predicted molar refractivity (Wildman–Crippen MR) is 68.2 cm³/mol. The SMILES string of the molecule is CC(C)(C)C(NCc1ccc(Br)s1)C(F)(F)F. The monoisotopic (exact) mass is 329 g/mol. The minimum Gasteiger partial charge on any atom is -0.301 e. The molecule has 0 radical (unpaired) electrons. The summed E-state index contributed by atoms with van der Waals surface area (Å²) in [4.78, 5) is 0.885. The second kappa shape index (κ2) is 5.28. The molecule has 0 fully saturated rings. The van der Waals surface area contributed by atoms with Gasteiger partial charge in [0.1, 0.15) is 6.04 Å². The van der Waals surface area contributed by atoms with Gasteiger partial charge in [0, 0.05) is 11.4 Å². The van der Waals surface area contributed by atoms with E-state index in [2.05, 4.69) is 21.2 Å². The Morgan fingerprint density at radius 3 is 2.24 bits per heavy atom. The smallest absolute Gasteiger partial charge is 0.301 e. The number of hydrogen-bond donors (Lipinski definition) is 1. The van der Waals surface area contributed by atoms with E-state index in [0.717, 1.165) is 8.66 Å². The van der Waals surface area contributed by atoms with Crippen molar-refractivity contribution in [3.63, 3.8) is 0 Å². The highest BCUT2D eigenvalue weighted by Crippen LogP contribution is 2.33. The number of alkyl halides is 3. The molecular weight excluding hydrogens is 315 g/mol. The fraction of sp³-hybridized carbons (Fsp3) is 0.636. The summed E-state index contributed by atoms with van der Waals surface area (Å²) in [5, 5.41) is 2.59. The van der Waals surface area contributed by atoms with Gasteiger partial charge in [-0.3, -0.25) is 0 Å².